The Hall–Kier alpha value is -1.04. The van der Waals surface area contributed by atoms with Gasteiger partial charge in [-0.1, -0.05) is 112 Å². The van der Waals surface area contributed by atoms with Crippen molar-refractivity contribution in [3.63, 3.8) is 0 Å². The van der Waals surface area contributed by atoms with Crippen molar-refractivity contribution < 1.29 is 0 Å². The Morgan fingerprint density at radius 1 is 0.885 bits per heavy atom. The van der Waals surface area contributed by atoms with Gasteiger partial charge in [-0.3, -0.25) is 0 Å². The molecule has 26 heavy (non-hydrogen) atoms. The molecule has 0 aliphatic rings. The fourth-order valence-electron chi connectivity index (χ4n) is 3.41. The van der Waals surface area contributed by atoms with E-state index >= 15 is 0 Å². The quantitative estimate of drug-likeness (QED) is 0.300. The van der Waals surface area contributed by atoms with Gasteiger partial charge in [0.15, 0.2) is 0 Å². The van der Waals surface area contributed by atoms with Gasteiger partial charge in [0.25, 0.3) is 0 Å². The molecule has 0 N–H and O–H groups in total. The molecule has 0 saturated carbocycles. The second-order valence-corrected chi connectivity index (χ2v) is 10.6. The Morgan fingerprint density at radius 2 is 1.38 bits per heavy atom. The fourth-order valence-corrected chi connectivity index (χ4v) is 3.41. The molecule has 0 aromatic carbocycles. The van der Waals surface area contributed by atoms with E-state index in [1.54, 1.807) is 0 Å². The summed E-state index contributed by atoms with van der Waals surface area (Å²) in [5, 5.41) is 0. The molecule has 0 nitrogen and oxygen atoms in total. The van der Waals surface area contributed by atoms with E-state index in [2.05, 4.69) is 120 Å². The van der Waals surface area contributed by atoms with Crippen molar-refractivity contribution in [2.45, 2.75) is 89.5 Å². The van der Waals surface area contributed by atoms with Gasteiger partial charge in [0.05, 0.1) is 0 Å². The second kappa shape index (κ2) is 8.77. The van der Waals surface area contributed by atoms with Gasteiger partial charge < -0.3 is 0 Å². The van der Waals surface area contributed by atoms with Crippen LogP contribution in [-0.4, -0.2) is 0 Å². The summed E-state index contributed by atoms with van der Waals surface area (Å²) >= 11 is 0. The van der Waals surface area contributed by atoms with Crippen LogP contribution in [0, 0.1) is 27.6 Å². The number of allylic oxidation sites excluding steroid dienone is 7. The van der Waals surface area contributed by atoms with E-state index in [0.29, 0.717) is 5.92 Å². The molecule has 0 amide bonds. The maximum atomic E-state index is 4.58. The van der Waals surface area contributed by atoms with Gasteiger partial charge in [-0.05, 0) is 53.4 Å². The summed E-state index contributed by atoms with van der Waals surface area (Å²) in [6, 6.07) is 0. The maximum absolute atomic E-state index is 4.58. The SMILES string of the molecule is C=C(CC(C)C(C)(C)C(/C=C\C)=C/C=C\C)C(C)(C)C(C)(C)C(C)(C)C. The molecule has 0 heterocycles. The largest absolute Gasteiger partial charge is 0.0993 e. The van der Waals surface area contributed by atoms with Gasteiger partial charge >= 0.3 is 0 Å². The molecule has 150 valence electrons. The van der Waals surface area contributed by atoms with E-state index in [4.69, 9.17) is 0 Å². The smallest absolute Gasteiger partial charge is 0.00750 e. The summed E-state index contributed by atoms with van der Waals surface area (Å²) in [6.07, 6.45) is 11.9. The highest BCUT2D eigenvalue weighted by atomic mass is 14.5. The number of hydrogen-bond acceptors (Lipinski definition) is 0. The van der Waals surface area contributed by atoms with Gasteiger partial charge in [-0.2, -0.15) is 0 Å². The standard InChI is InChI=1S/C26H46/c1-14-16-18-22(17-15-2)24(8,9)20(3)19-21(4)25(10,11)26(12,13)23(5,6)7/h14-18,20H,4,19H2,1-3,5-13H3/b16-14-,17-15-,22-18+. The van der Waals surface area contributed by atoms with Gasteiger partial charge in [0.1, 0.15) is 0 Å². The van der Waals surface area contributed by atoms with Crippen LogP contribution in [0.3, 0.4) is 0 Å². The van der Waals surface area contributed by atoms with E-state index < -0.39 is 0 Å². The zero-order chi connectivity index (χ0) is 21.0. The zero-order valence-corrected chi connectivity index (χ0v) is 19.9. The third-order valence-corrected chi connectivity index (χ3v) is 7.66. The van der Waals surface area contributed by atoms with Gasteiger partial charge in [-0.25, -0.2) is 0 Å². The van der Waals surface area contributed by atoms with Crippen LogP contribution >= 0.6 is 0 Å². The topological polar surface area (TPSA) is 0 Å². The molecule has 0 fully saturated rings. The highest BCUT2D eigenvalue weighted by Gasteiger charge is 2.47. The Bertz CT molecular complexity index is 553. The van der Waals surface area contributed by atoms with E-state index in [1.165, 1.54) is 11.1 Å². The monoisotopic (exact) mass is 358 g/mol. The summed E-state index contributed by atoms with van der Waals surface area (Å²) in [7, 11) is 0. The van der Waals surface area contributed by atoms with Gasteiger partial charge in [0.2, 0.25) is 0 Å². The lowest BCUT2D eigenvalue weighted by atomic mass is 9.52. The number of hydrogen-bond donors (Lipinski definition) is 0. The van der Waals surface area contributed by atoms with Crippen molar-refractivity contribution >= 4 is 0 Å². The minimum Gasteiger partial charge on any atom is -0.0993 e. The van der Waals surface area contributed by atoms with Gasteiger partial charge in [-0.15, -0.1) is 0 Å². The zero-order valence-electron chi connectivity index (χ0n) is 19.9. The summed E-state index contributed by atoms with van der Waals surface area (Å²) in [6.45, 7) is 32.4. The maximum Gasteiger partial charge on any atom is -0.00750 e. The molecule has 0 aliphatic heterocycles. The molecule has 1 atom stereocenters. The first-order chi connectivity index (χ1) is 11.6. The predicted molar refractivity (Wildman–Crippen MR) is 121 cm³/mol. The van der Waals surface area contributed by atoms with Crippen LogP contribution in [-0.2, 0) is 0 Å². The molecule has 0 heteroatoms. The molecular weight excluding hydrogens is 312 g/mol. The van der Waals surface area contributed by atoms with Crippen molar-refractivity contribution in [2.24, 2.45) is 27.6 Å². The molecule has 0 radical (unpaired) electrons. The lowest BCUT2D eigenvalue weighted by Gasteiger charge is -2.52. The normalized spacial score (nSPS) is 16.5. The van der Waals surface area contributed by atoms with E-state index in [0.717, 1.165) is 6.42 Å². The molecule has 0 saturated heterocycles. The minimum atomic E-state index is 0.0728. The third-order valence-electron chi connectivity index (χ3n) is 7.66. The van der Waals surface area contributed by atoms with Crippen LogP contribution in [0.4, 0.5) is 0 Å². The van der Waals surface area contributed by atoms with Crippen LogP contribution in [0.1, 0.15) is 89.5 Å². The molecule has 0 spiro atoms. The van der Waals surface area contributed by atoms with Crippen molar-refractivity contribution in [1.82, 2.24) is 0 Å². The Balaban J connectivity index is 5.66. The lowest BCUT2D eigenvalue weighted by Crippen LogP contribution is -2.44. The molecule has 0 aromatic rings. The molecule has 0 aromatic heterocycles. The minimum absolute atomic E-state index is 0.0728. The Kier molecular flexibility index (Phi) is 8.41. The summed E-state index contributed by atoms with van der Waals surface area (Å²) < 4.78 is 0. The number of rotatable bonds is 8. The van der Waals surface area contributed by atoms with Crippen molar-refractivity contribution in [3.8, 4) is 0 Å². The first-order valence-corrected chi connectivity index (χ1v) is 10.2. The Labute approximate surface area is 165 Å². The van der Waals surface area contributed by atoms with E-state index in [1.807, 2.05) is 0 Å². The van der Waals surface area contributed by atoms with Crippen LogP contribution in [0.15, 0.2) is 48.1 Å². The average Bonchev–Trinajstić information content (AvgIpc) is 2.49. The van der Waals surface area contributed by atoms with Crippen molar-refractivity contribution in [1.29, 1.82) is 0 Å². The molecule has 0 aliphatic carbocycles. The molecule has 1 unspecified atom stereocenters. The van der Waals surface area contributed by atoms with E-state index in [9.17, 15) is 0 Å². The second-order valence-electron chi connectivity index (χ2n) is 10.6. The highest BCUT2D eigenvalue weighted by Crippen LogP contribution is 2.56. The molecule has 0 bridgehead atoms. The summed E-state index contributed by atoms with van der Waals surface area (Å²) in [4.78, 5) is 0. The van der Waals surface area contributed by atoms with Crippen molar-refractivity contribution in [2.75, 3.05) is 0 Å². The predicted octanol–water partition coefficient (Wildman–Crippen LogP) is 8.77. The average molecular weight is 359 g/mol. The Morgan fingerprint density at radius 3 is 1.77 bits per heavy atom. The first kappa shape index (κ1) is 25.0. The van der Waals surface area contributed by atoms with Crippen LogP contribution in [0.5, 0.6) is 0 Å². The molecular formula is C26H46. The highest BCUT2D eigenvalue weighted by molar-refractivity contribution is 5.30. The van der Waals surface area contributed by atoms with E-state index in [-0.39, 0.29) is 21.7 Å². The lowest BCUT2D eigenvalue weighted by molar-refractivity contribution is 0.0136. The van der Waals surface area contributed by atoms with Crippen LogP contribution in [0.2, 0.25) is 0 Å². The van der Waals surface area contributed by atoms with Crippen LogP contribution < -0.4 is 0 Å². The summed E-state index contributed by atoms with van der Waals surface area (Å²) in [5.74, 6) is 0.512. The van der Waals surface area contributed by atoms with Gasteiger partial charge in [0, 0.05) is 0 Å². The fraction of sp³-hybridized carbons (Fsp3) is 0.692. The van der Waals surface area contributed by atoms with Crippen LogP contribution in [0.25, 0.3) is 0 Å². The first-order valence-electron chi connectivity index (χ1n) is 10.2. The summed E-state index contributed by atoms with van der Waals surface area (Å²) in [5.41, 5.74) is 3.30. The third kappa shape index (κ3) is 5.24. The molecule has 0 rings (SSSR count). The van der Waals surface area contributed by atoms with Crippen molar-refractivity contribution in [3.05, 3.63) is 48.1 Å².